The van der Waals surface area contributed by atoms with Gasteiger partial charge in [0.1, 0.15) is 5.41 Å². The number of nitrogens with one attached hydrogen (secondary N) is 1. The summed E-state index contributed by atoms with van der Waals surface area (Å²) in [6.45, 7) is 4.58. The van der Waals surface area contributed by atoms with Gasteiger partial charge < -0.3 is 10.4 Å². The topological polar surface area (TPSA) is 73.1 Å². The third-order valence-corrected chi connectivity index (χ3v) is 3.76. The van der Waals surface area contributed by atoms with Crippen LogP contribution in [0.1, 0.15) is 52.4 Å². The second-order valence-corrected chi connectivity index (χ2v) is 5.40. The number of carbonyl (C=O) groups excluding carboxylic acids is 1. The van der Waals surface area contributed by atoms with Gasteiger partial charge in [0.05, 0.1) is 12.2 Å². The zero-order valence-corrected chi connectivity index (χ0v) is 11.4. The molecule has 0 spiro atoms. The standard InChI is InChI=1S/C14H24N2O2/c1-3-5-14(10-15,6-4-2)13(18)16-9-11-7-12(17)8-11/h11-12,17H,3-9H2,1-2H3,(H,16,18). The van der Waals surface area contributed by atoms with Gasteiger partial charge in [0.15, 0.2) is 0 Å². The molecule has 0 atom stereocenters. The molecule has 1 aliphatic rings. The molecule has 0 aliphatic heterocycles. The van der Waals surface area contributed by atoms with Gasteiger partial charge in [-0.2, -0.15) is 5.26 Å². The predicted octanol–water partition coefficient (Wildman–Crippen LogP) is 1.98. The van der Waals surface area contributed by atoms with Crippen molar-refractivity contribution in [1.82, 2.24) is 5.32 Å². The van der Waals surface area contributed by atoms with Gasteiger partial charge in [-0.05, 0) is 31.6 Å². The maximum Gasteiger partial charge on any atom is 0.240 e. The number of aliphatic hydroxyl groups excluding tert-OH is 1. The molecular weight excluding hydrogens is 228 g/mol. The molecule has 2 N–H and O–H groups in total. The summed E-state index contributed by atoms with van der Waals surface area (Å²) < 4.78 is 0. The summed E-state index contributed by atoms with van der Waals surface area (Å²) in [4.78, 5) is 12.2. The highest BCUT2D eigenvalue weighted by Crippen LogP contribution is 2.30. The molecule has 102 valence electrons. The fraction of sp³-hybridized carbons (Fsp3) is 0.857. The summed E-state index contributed by atoms with van der Waals surface area (Å²) in [5.74, 6) is 0.249. The van der Waals surface area contributed by atoms with Crippen LogP contribution in [0.3, 0.4) is 0 Å². The first-order chi connectivity index (χ1) is 8.57. The van der Waals surface area contributed by atoms with Crippen LogP contribution in [0.4, 0.5) is 0 Å². The summed E-state index contributed by atoms with van der Waals surface area (Å²) >= 11 is 0. The molecule has 0 aromatic carbocycles. The van der Waals surface area contributed by atoms with Gasteiger partial charge in [-0.3, -0.25) is 4.79 Å². The van der Waals surface area contributed by atoms with Crippen molar-refractivity contribution in [3.63, 3.8) is 0 Å². The maximum absolute atomic E-state index is 12.2. The Balaban J connectivity index is 2.50. The van der Waals surface area contributed by atoms with Gasteiger partial charge in [0, 0.05) is 6.54 Å². The minimum atomic E-state index is -0.855. The Morgan fingerprint density at radius 2 is 1.94 bits per heavy atom. The van der Waals surface area contributed by atoms with Crippen molar-refractivity contribution in [3.8, 4) is 6.07 Å². The molecule has 1 saturated carbocycles. The quantitative estimate of drug-likeness (QED) is 0.727. The van der Waals surface area contributed by atoms with Crippen molar-refractivity contribution in [2.75, 3.05) is 6.54 Å². The molecule has 0 aromatic heterocycles. The minimum absolute atomic E-state index is 0.130. The Kier molecular flexibility index (Phi) is 5.61. The van der Waals surface area contributed by atoms with Gasteiger partial charge >= 0.3 is 0 Å². The highest BCUT2D eigenvalue weighted by Gasteiger charge is 2.37. The Bertz CT molecular complexity index is 310. The van der Waals surface area contributed by atoms with Crippen molar-refractivity contribution in [2.45, 2.75) is 58.5 Å². The van der Waals surface area contributed by atoms with Crippen molar-refractivity contribution >= 4 is 5.91 Å². The lowest BCUT2D eigenvalue weighted by Gasteiger charge is -2.33. The molecule has 1 rings (SSSR count). The van der Waals surface area contributed by atoms with Gasteiger partial charge in [0.25, 0.3) is 0 Å². The predicted molar refractivity (Wildman–Crippen MR) is 69.6 cm³/mol. The minimum Gasteiger partial charge on any atom is -0.393 e. The molecule has 1 fully saturated rings. The maximum atomic E-state index is 12.2. The lowest BCUT2D eigenvalue weighted by atomic mass is 9.78. The van der Waals surface area contributed by atoms with Crippen LogP contribution in [-0.2, 0) is 4.79 Å². The summed E-state index contributed by atoms with van der Waals surface area (Å²) in [5, 5.41) is 21.4. The van der Waals surface area contributed by atoms with E-state index in [2.05, 4.69) is 11.4 Å². The van der Waals surface area contributed by atoms with Crippen LogP contribution < -0.4 is 5.32 Å². The number of nitriles is 1. The highest BCUT2D eigenvalue weighted by molar-refractivity contribution is 5.85. The molecule has 4 heteroatoms. The number of nitrogens with zero attached hydrogens (tertiary/aromatic N) is 1. The lowest BCUT2D eigenvalue weighted by molar-refractivity contribution is -0.129. The van der Waals surface area contributed by atoms with E-state index in [-0.39, 0.29) is 12.0 Å². The average Bonchev–Trinajstić information content (AvgIpc) is 2.32. The van der Waals surface area contributed by atoms with Crippen LogP contribution in [0.15, 0.2) is 0 Å². The van der Waals surface area contributed by atoms with Gasteiger partial charge in [-0.15, -0.1) is 0 Å². The zero-order chi connectivity index (χ0) is 13.6. The zero-order valence-electron chi connectivity index (χ0n) is 11.4. The van der Waals surface area contributed by atoms with Crippen LogP contribution in [0.5, 0.6) is 0 Å². The average molecular weight is 252 g/mol. The molecule has 0 radical (unpaired) electrons. The molecule has 0 aromatic rings. The van der Waals surface area contributed by atoms with E-state index in [4.69, 9.17) is 0 Å². The smallest absolute Gasteiger partial charge is 0.240 e. The molecule has 4 nitrogen and oxygen atoms in total. The lowest BCUT2D eigenvalue weighted by Crippen LogP contribution is -2.45. The third-order valence-electron chi connectivity index (χ3n) is 3.76. The Morgan fingerprint density at radius 3 is 2.33 bits per heavy atom. The number of hydrogen-bond donors (Lipinski definition) is 2. The molecule has 0 saturated heterocycles. The Morgan fingerprint density at radius 1 is 1.39 bits per heavy atom. The fourth-order valence-electron chi connectivity index (χ4n) is 2.64. The molecule has 0 bridgehead atoms. The first-order valence-corrected chi connectivity index (χ1v) is 6.95. The van der Waals surface area contributed by atoms with Gasteiger partial charge in [-0.1, -0.05) is 26.7 Å². The van der Waals surface area contributed by atoms with Crippen LogP contribution in [-0.4, -0.2) is 23.7 Å². The van der Waals surface area contributed by atoms with E-state index in [1.54, 1.807) is 0 Å². The first kappa shape index (κ1) is 15.0. The summed E-state index contributed by atoms with van der Waals surface area (Å²) in [6.07, 6.45) is 4.25. The van der Waals surface area contributed by atoms with Crippen LogP contribution in [0, 0.1) is 22.7 Å². The number of aliphatic hydroxyl groups is 1. The van der Waals surface area contributed by atoms with Gasteiger partial charge in [-0.25, -0.2) is 0 Å². The molecule has 0 unspecified atom stereocenters. The van der Waals surface area contributed by atoms with E-state index in [0.29, 0.717) is 25.3 Å². The molecular formula is C14H24N2O2. The Hall–Kier alpha value is -1.08. The van der Waals surface area contributed by atoms with E-state index in [1.807, 2.05) is 13.8 Å². The van der Waals surface area contributed by atoms with Crippen LogP contribution in [0.25, 0.3) is 0 Å². The third kappa shape index (κ3) is 3.46. The second kappa shape index (κ2) is 6.75. The summed E-state index contributed by atoms with van der Waals surface area (Å²) in [7, 11) is 0. The van der Waals surface area contributed by atoms with Crippen molar-refractivity contribution < 1.29 is 9.90 Å². The molecule has 18 heavy (non-hydrogen) atoms. The monoisotopic (exact) mass is 252 g/mol. The van der Waals surface area contributed by atoms with E-state index >= 15 is 0 Å². The molecule has 0 heterocycles. The van der Waals surface area contributed by atoms with Crippen molar-refractivity contribution in [3.05, 3.63) is 0 Å². The van der Waals surface area contributed by atoms with E-state index in [9.17, 15) is 15.2 Å². The fourth-order valence-corrected chi connectivity index (χ4v) is 2.64. The van der Waals surface area contributed by atoms with E-state index in [1.165, 1.54) is 0 Å². The molecule has 1 aliphatic carbocycles. The van der Waals surface area contributed by atoms with E-state index in [0.717, 1.165) is 25.7 Å². The Labute approximate surface area is 109 Å². The summed E-state index contributed by atoms with van der Waals surface area (Å²) in [5.41, 5.74) is -0.855. The van der Waals surface area contributed by atoms with E-state index < -0.39 is 5.41 Å². The van der Waals surface area contributed by atoms with Crippen LogP contribution in [0.2, 0.25) is 0 Å². The largest absolute Gasteiger partial charge is 0.393 e. The number of amides is 1. The normalized spacial score (nSPS) is 23.0. The van der Waals surface area contributed by atoms with Gasteiger partial charge in [0.2, 0.25) is 5.91 Å². The first-order valence-electron chi connectivity index (χ1n) is 6.95. The van der Waals surface area contributed by atoms with Crippen LogP contribution >= 0.6 is 0 Å². The van der Waals surface area contributed by atoms with Crippen molar-refractivity contribution in [1.29, 1.82) is 5.26 Å². The second-order valence-electron chi connectivity index (χ2n) is 5.40. The summed E-state index contributed by atoms with van der Waals surface area (Å²) in [6, 6.07) is 2.22. The highest BCUT2D eigenvalue weighted by atomic mass is 16.3. The molecule has 1 amide bonds. The number of rotatable bonds is 7. The van der Waals surface area contributed by atoms with Crippen molar-refractivity contribution in [2.24, 2.45) is 11.3 Å². The number of carbonyl (C=O) groups is 1. The number of hydrogen-bond acceptors (Lipinski definition) is 3. The SMILES string of the molecule is CCCC(C#N)(CCC)C(=O)NCC1CC(O)C1.